The summed E-state index contributed by atoms with van der Waals surface area (Å²) in [6.45, 7) is 2.80. The Morgan fingerprint density at radius 3 is 3.05 bits per heavy atom. The number of carbonyl (C=O) groups excluding carboxylic acids is 1. The molecule has 1 fully saturated rings. The molecule has 0 bridgehead atoms. The molecule has 1 aliphatic rings. The molecule has 1 aliphatic carbocycles. The zero-order valence-electron chi connectivity index (χ0n) is 11.8. The van der Waals surface area contributed by atoms with Crippen LogP contribution in [0.4, 0.5) is 10.7 Å². The smallest absolute Gasteiger partial charge is 0.350 e. The van der Waals surface area contributed by atoms with Crippen LogP contribution in [-0.4, -0.2) is 22.8 Å². The molecule has 0 spiro atoms. The van der Waals surface area contributed by atoms with Crippen molar-refractivity contribution in [3.8, 4) is 0 Å². The van der Waals surface area contributed by atoms with Crippen molar-refractivity contribution in [2.24, 2.45) is 0 Å². The average molecular weight is 306 g/mol. The van der Waals surface area contributed by atoms with Gasteiger partial charge in [-0.15, -0.1) is 11.3 Å². The number of nitrogens with zero attached hydrogens (tertiary/aromatic N) is 1. The minimum atomic E-state index is -0.335. The number of rotatable bonds is 6. The summed E-state index contributed by atoms with van der Waals surface area (Å²) < 4.78 is 5.08. The standard InChI is InChI=1S/C14H18N4O2S/c1-2-20-14(19)12-11(15)10(9-3-4-9)13(21-12)16-5-8-6-17-18-7-8/h6-7,9,16H,2-5,15H2,1H3,(H,17,18). The molecular formula is C14H18N4O2S. The Balaban J connectivity index is 1.84. The number of aromatic amines is 1. The Bertz CT molecular complexity index is 632. The molecule has 0 radical (unpaired) electrons. The number of nitrogens with two attached hydrogens (primary N) is 1. The van der Waals surface area contributed by atoms with E-state index < -0.39 is 0 Å². The predicted molar refractivity (Wildman–Crippen MR) is 82.6 cm³/mol. The molecule has 6 nitrogen and oxygen atoms in total. The quantitative estimate of drug-likeness (QED) is 0.714. The van der Waals surface area contributed by atoms with Crippen LogP contribution in [-0.2, 0) is 11.3 Å². The van der Waals surface area contributed by atoms with Crippen LogP contribution >= 0.6 is 11.3 Å². The fourth-order valence-corrected chi connectivity index (χ4v) is 3.37. The minimum absolute atomic E-state index is 0.335. The second-order valence-corrected chi connectivity index (χ2v) is 6.06. The summed E-state index contributed by atoms with van der Waals surface area (Å²) in [6.07, 6.45) is 5.87. The second kappa shape index (κ2) is 5.77. The van der Waals surface area contributed by atoms with Crippen LogP contribution < -0.4 is 11.1 Å². The Morgan fingerprint density at radius 2 is 2.43 bits per heavy atom. The first-order valence-electron chi connectivity index (χ1n) is 7.01. The first-order valence-corrected chi connectivity index (χ1v) is 7.83. The molecule has 2 aromatic rings. The number of hydrogen-bond acceptors (Lipinski definition) is 6. The summed E-state index contributed by atoms with van der Waals surface area (Å²) in [4.78, 5) is 12.5. The van der Waals surface area contributed by atoms with E-state index in [1.807, 2.05) is 6.20 Å². The number of ether oxygens (including phenoxy) is 1. The average Bonchev–Trinajstić information content (AvgIpc) is 3.05. The van der Waals surface area contributed by atoms with Crippen molar-refractivity contribution in [2.45, 2.75) is 32.2 Å². The highest BCUT2D eigenvalue weighted by atomic mass is 32.1. The van der Waals surface area contributed by atoms with Gasteiger partial charge in [0.1, 0.15) is 4.88 Å². The number of nitrogen functional groups attached to an aromatic ring is 1. The Kier molecular flexibility index (Phi) is 3.83. The number of aromatic nitrogens is 2. The van der Waals surface area contributed by atoms with Crippen molar-refractivity contribution in [2.75, 3.05) is 17.7 Å². The van der Waals surface area contributed by atoms with E-state index in [0.29, 0.717) is 29.6 Å². The maximum atomic E-state index is 12.0. The van der Waals surface area contributed by atoms with Gasteiger partial charge in [0.2, 0.25) is 0 Å². The molecule has 0 unspecified atom stereocenters. The summed E-state index contributed by atoms with van der Waals surface area (Å²) in [7, 11) is 0. The SMILES string of the molecule is CCOC(=O)c1sc(NCc2cn[nH]c2)c(C2CC2)c1N. The lowest BCUT2D eigenvalue weighted by atomic mass is 10.1. The first-order chi connectivity index (χ1) is 10.2. The van der Waals surface area contributed by atoms with Crippen LogP contribution in [0, 0.1) is 0 Å². The predicted octanol–water partition coefficient (Wildman–Crippen LogP) is 2.72. The van der Waals surface area contributed by atoms with E-state index in [2.05, 4.69) is 15.5 Å². The Hall–Kier alpha value is -2.02. The topological polar surface area (TPSA) is 93.0 Å². The lowest BCUT2D eigenvalue weighted by Gasteiger charge is -2.05. The molecule has 112 valence electrons. The highest BCUT2D eigenvalue weighted by Crippen LogP contribution is 2.51. The molecule has 0 atom stereocenters. The van der Waals surface area contributed by atoms with Crippen LogP contribution in [0.1, 0.15) is 46.5 Å². The highest BCUT2D eigenvalue weighted by molar-refractivity contribution is 7.18. The lowest BCUT2D eigenvalue weighted by Crippen LogP contribution is -2.05. The Morgan fingerprint density at radius 1 is 1.62 bits per heavy atom. The summed E-state index contributed by atoms with van der Waals surface area (Å²) in [6, 6.07) is 0. The number of esters is 1. The summed E-state index contributed by atoms with van der Waals surface area (Å²) in [5, 5.41) is 11.0. The largest absolute Gasteiger partial charge is 0.462 e. The number of thiophene rings is 1. The van der Waals surface area contributed by atoms with Gasteiger partial charge in [0.25, 0.3) is 0 Å². The van der Waals surface area contributed by atoms with E-state index in [-0.39, 0.29) is 5.97 Å². The van der Waals surface area contributed by atoms with Crippen molar-refractivity contribution < 1.29 is 9.53 Å². The van der Waals surface area contributed by atoms with Crippen LogP contribution in [0.3, 0.4) is 0 Å². The summed E-state index contributed by atoms with van der Waals surface area (Å²) in [5.41, 5.74) is 8.89. The van der Waals surface area contributed by atoms with Gasteiger partial charge in [-0.1, -0.05) is 0 Å². The molecule has 0 aromatic carbocycles. The van der Waals surface area contributed by atoms with E-state index >= 15 is 0 Å². The normalized spacial score (nSPS) is 14.1. The van der Waals surface area contributed by atoms with Crippen LogP contribution in [0.2, 0.25) is 0 Å². The van der Waals surface area contributed by atoms with E-state index in [9.17, 15) is 4.79 Å². The van der Waals surface area contributed by atoms with E-state index in [4.69, 9.17) is 10.5 Å². The molecule has 3 rings (SSSR count). The summed E-state index contributed by atoms with van der Waals surface area (Å²) >= 11 is 1.38. The third kappa shape index (κ3) is 2.87. The van der Waals surface area contributed by atoms with Gasteiger partial charge in [0, 0.05) is 23.9 Å². The maximum absolute atomic E-state index is 12.0. The van der Waals surface area contributed by atoms with Gasteiger partial charge in [0.05, 0.1) is 23.5 Å². The van der Waals surface area contributed by atoms with Gasteiger partial charge >= 0.3 is 5.97 Å². The van der Waals surface area contributed by atoms with Crippen molar-refractivity contribution in [1.82, 2.24) is 10.2 Å². The molecule has 2 heterocycles. The minimum Gasteiger partial charge on any atom is -0.462 e. The molecule has 21 heavy (non-hydrogen) atoms. The monoisotopic (exact) mass is 306 g/mol. The highest BCUT2D eigenvalue weighted by Gasteiger charge is 2.33. The van der Waals surface area contributed by atoms with Gasteiger partial charge in [0.15, 0.2) is 0 Å². The van der Waals surface area contributed by atoms with Gasteiger partial charge in [-0.25, -0.2) is 4.79 Å². The maximum Gasteiger partial charge on any atom is 0.350 e. The molecule has 1 saturated carbocycles. The molecule has 0 saturated heterocycles. The molecule has 0 aliphatic heterocycles. The fourth-order valence-electron chi connectivity index (χ4n) is 2.27. The third-order valence-electron chi connectivity index (χ3n) is 3.44. The second-order valence-electron chi connectivity index (χ2n) is 5.04. The molecular weight excluding hydrogens is 288 g/mol. The van der Waals surface area contributed by atoms with Crippen LogP contribution in [0.25, 0.3) is 0 Å². The van der Waals surface area contributed by atoms with Gasteiger partial charge in [-0.05, 0) is 25.7 Å². The van der Waals surface area contributed by atoms with Crippen LogP contribution in [0.5, 0.6) is 0 Å². The number of hydrogen-bond donors (Lipinski definition) is 3. The van der Waals surface area contributed by atoms with Crippen molar-refractivity contribution in [3.05, 3.63) is 28.4 Å². The van der Waals surface area contributed by atoms with E-state index in [1.54, 1.807) is 13.1 Å². The molecule has 7 heteroatoms. The van der Waals surface area contributed by atoms with Crippen molar-refractivity contribution in [3.63, 3.8) is 0 Å². The number of anilines is 2. The van der Waals surface area contributed by atoms with Gasteiger partial charge < -0.3 is 15.8 Å². The lowest BCUT2D eigenvalue weighted by molar-refractivity contribution is 0.0533. The Labute approximate surface area is 126 Å². The first kappa shape index (κ1) is 13.9. The van der Waals surface area contributed by atoms with E-state index in [1.165, 1.54) is 11.3 Å². The van der Waals surface area contributed by atoms with Crippen molar-refractivity contribution in [1.29, 1.82) is 0 Å². The van der Waals surface area contributed by atoms with Gasteiger partial charge in [-0.2, -0.15) is 5.10 Å². The number of carbonyl (C=O) groups is 1. The summed E-state index contributed by atoms with van der Waals surface area (Å²) in [5.74, 6) is 0.134. The fraction of sp³-hybridized carbons (Fsp3) is 0.429. The number of H-pyrrole nitrogens is 1. The van der Waals surface area contributed by atoms with E-state index in [0.717, 1.165) is 29.0 Å². The molecule has 0 amide bonds. The third-order valence-corrected chi connectivity index (χ3v) is 4.60. The molecule has 4 N–H and O–H groups in total. The zero-order valence-corrected chi connectivity index (χ0v) is 12.6. The van der Waals surface area contributed by atoms with Crippen LogP contribution in [0.15, 0.2) is 12.4 Å². The zero-order chi connectivity index (χ0) is 14.8. The molecule has 2 aromatic heterocycles. The number of nitrogens with one attached hydrogen (secondary N) is 2. The van der Waals surface area contributed by atoms with Gasteiger partial charge in [-0.3, -0.25) is 5.10 Å². The van der Waals surface area contributed by atoms with Crippen molar-refractivity contribution >= 4 is 28.0 Å².